The Labute approximate surface area is 86.9 Å². The van der Waals surface area contributed by atoms with Crippen LogP contribution in [0.5, 0.6) is 0 Å². The summed E-state index contributed by atoms with van der Waals surface area (Å²) < 4.78 is 0. The second-order valence-corrected chi connectivity index (χ2v) is 3.30. The minimum Gasteiger partial charge on any atom is -0.361 e. The van der Waals surface area contributed by atoms with Crippen molar-refractivity contribution in [1.29, 1.82) is 0 Å². The minimum atomic E-state index is -0.0942. The van der Waals surface area contributed by atoms with Gasteiger partial charge in [0, 0.05) is 22.8 Å². The van der Waals surface area contributed by atoms with E-state index in [4.69, 9.17) is 0 Å². The van der Waals surface area contributed by atoms with Crippen LogP contribution in [-0.4, -0.2) is 16.6 Å². The molecule has 2 rings (SSSR count). The molecule has 0 radical (unpaired) electrons. The monoisotopic (exact) mass is 206 g/mol. The lowest BCUT2D eigenvalue weighted by molar-refractivity contribution is -0.113. The lowest BCUT2D eigenvalue weighted by Crippen LogP contribution is -2.12. The van der Waals surface area contributed by atoms with Gasteiger partial charge in [-0.3, -0.25) is 4.79 Å². The van der Waals surface area contributed by atoms with Gasteiger partial charge in [-0.05, 0) is 24.3 Å². The van der Waals surface area contributed by atoms with Crippen LogP contribution in [0.15, 0.2) is 30.5 Å². The van der Waals surface area contributed by atoms with Crippen LogP contribution < -0.4 is 5.32 Å². The van der Waals surface area contributed by atoms with Crippen LogP contribution in [0.1, 0.15) is 0 Å². The fourth-order valence-electron chi connectivity index (χ4n) is 1.33. The number of amides is 1. The Morgan fingerprint density at radius 3 is 3.07 bits per heavy atom. The molecule has 0 aliphatic rings. The van der Waals surface area contributed by atoms with Crippen LogP contribution in [0.4, 0.5) is 5.69 Å². The van der Waals surface area contributed by atoms with Gasteiger partial charge in [-0.1, -0.05) is 0 Å². The highest BCUT2D eigenvalue weighted by molar-refractivity contribution is 7.81. The number of carbonyl (C=O) groups is 1. The third kappa shape index (κ3) is 1.75. The summed E-state index contributed by atoms with van der Waals surface area (Å²) in [6.07, 6.45) is 1.87. The number of H-pyrrole nitrogens is 1. The number of carbonyl (C=O) groups excluding carboxylic acids is 1. The first kappa shape index (κ1) is 9.15. The lowest BCUT2D eigenvalue weighted by Gasteiger charge is -2.02. The second-order valence-electron chi connectivity index (χ2n) is 2.99. The van der Waals surface area contributed by atoms with Crippen molar-refractivity contribution < 1.29 is 4.79 Å². The van der Waals surface area contributed by atoms with Crippen LogP contribution in [0, 0.1) is 0 Å². The van der Waals surface area contributed by atoms with Crippen molar-refractivity contribution in [3.8, 4) is 0 Å². The molecule has 3 nitrogen and oxygen atoms in total. The standard InChI is InChI=1S/C10H10N2OS/c13-10(6-14)12-8-1-2-9-7(5-8)3-4-11-9/h1-5,11,14H,6H2,(H,12,13). The molecule has 0 atom stereocenters. The summed E-state index contributed by atoms with van der Waals surface area (Å²) in [7, 11) is 0. The first-order valence-electron chi connectivity index (χ1n) is 4.27. The molecule has 0 saturated carbocycles. The summed E-state index contributed by atoms with van der Waals surface area (Å²) in [6, 6.07) is 7.68. The number of benzene rings is 1. The number of rotatable bonds is 2. The fourth-order valence-corrected chi connectivity index (χ4v) is 1.41. The molecular weight excluding hydrogens is 196 g/mol. The number of nitrogens with one attached hydrogen (secondary N) is 2. The zero-order valence-electron chi connectivity index (χ0n) is 7.45. The molecule has 14 heavy (non-hydrogen) atoms. The van der Waals surface area contributed by atoms with Gasteiger partial charge in [-0.15, -0.1) is 0 Å². The van der Waals surface area contributed by atoms with E-state index in [0.717, 1.165) is 16.6 Å². The van der Waals surface area contributed by atoms with Crippen molar-refractivity contribution in [2.75, 3.05) is 11.1 Å². The maximum atomic E-state index is 11.1. The molecule has 0 aliphatic heterocycles. The van der Waals surface area contributed by atoms with E-state index < -0.39 is 0 Å². The van der Waals surface area contributed by atoms with Crippen molar-refractivity contribution in [3.05, 3.63) is 30.5 Å². The van der Waals surface area contributed by atoms with Crippen molar-refractivity contribution in [2.24, 2.45) is 0 Å². The highest BCUT2D eigenvalue weighted by atomic mass is 32.1. The third-order valence-electron chi connectivity index (χ3n) is 1.98. The lowest BCUT2D eigenvalue weighted by atomic mass is 10.2. The number of fused-ring (bicyclic) bond motifs is 1. The molecule has 0 bridgehead atoms. The molecule has 2 aromatic rings. The Morgan fingerprint density at radius 2 is 2.29 bits per heavy atom. The average molecular weight is 206 g/mol. The van der Waals surface area contributed by atoms with Gasteiger partial charge in [0.05, 0.1) is 5.75 Å². The van der Waals surface area contributed by atoms with Gasteiger partial charge in [0.2, 0.25) is 5.91 Å². The van der Waals surface area contributed by atoms with Crippen LogP contribution in [0.25, 0.3) is 10.9 Å². The van der Waals surface area contributed by atoms with E-state index in [-0.39, 0.29) is 11.7 Å². The zero-order chi connectivity index (χ0) is 9.97. The largest absolute Gasteiger partial charge is 0.361 e. The van der Waals surface area contributed by atoms with Crippen molar-refractivity contribution in [1.82, 2.24) is 4.98 Å². The quantitative estimate of drug-likeness (QED) is 0.647. The fraction of sp³-hybridized carbons (Fsp3) is 0.100. The van der Waals surface area contributed by atoms with Crippen molar-refractivity contribution in [3.63, 3.8) is 0 Å². The number of hydrogen-bond donors (Lipinski definition) is 3. The number of aromatic amines is 1. The third-order valence-corrected chi connectivity index (χ3v) is 2.27. The SMILES string of the molecule is O=C(CS)Nc1ccc2[nH]ccc2c1. The number of hydrogen-bond acceptors (Lipinski definition) is 2. The maximum absolute atomic E-state index is 11.1. The predicted molar refractivity (Wildman–Crippen MR) is 60.8 cm³/mol. The number of aromatic nitrogens is 1. The van der Waals surface area contributed by atoms with E-state index >= 15 is 0 Å². The van der Waals surface area contributed by atoms with E-state index in [1.54, 1.807) is 0 Å². The highest BCUT2D eigenvalue weighted by Gasteiger charge is 2.00. The van der Waals surface area contributed by atoms with Gasteiger partial charge >= 0.3 is 0 Å². The number of anilines is 1. The second kappa shape index (κ2) is 3.75. The van der Waals surface area contributed by atoms with Gasteiger partial charge in [0.15, 0.2) is 0 Å². The summed E-state index contributed by atoms with van der Waals surface area (Å²) in [6.45, 7) is 0. The van der Waals surface area contributed by atoms with Crippen molar-refractivity contribution >= 4 is 35.1 Å². The molecule has 0 spiro atoms. The molecule has 2 N–H and O–H groups in total. The molecule has 1 heterocycles. The molecule has 1 aromatic heterocycles. The maximum Gasteiger partial charge on any atom is 0.234 e. The summed E-state index contributed by atoms with van der Waals surface area (Å²) in [4.78, 5) is 14.1. The molecular formula is C10H10N2OS. The van der Waals surface area contributed by atoms with E-state index in [2.05, 4.69) is 22.9 Å². The van der Waals surface area contributed by atoms with Gasteiger partial charge in [0.1, 0.15) is 0 Å². The van der Waals surface area contributed by atoms with E-state index in [9.17, 15) is 4.79 Å². The molecule has 0 unspecified atom stereocenters. The normalized spacial score (nSPS) is 10.4. The highest BCUT2D eigenvalue weighted by Crippen LogP contribution is 2.17. The Hall–Kier alpha value is -1.42. The molecule has 0 fully saturated rings. The van der Waals surface area contributed by atoms with Crippen LogP contribution in [0.3, 0.4) is 0 Å². The summed E-state index contributed by atoms with van der Waals surface area (Å²) >= 11 is 3.89. The molecule has 0 saturated heterocycles. The average Bonchev–Trinajstić information content (AvgIpc) is 2.64. The molecule has 1 amide bonds. The molecule has 1 aromatic carbocycles. The topological polar surface area (TPSA) is 44.9 Å². The Bertz CT molecular complexity index is 464. The van der Waals surface area contributed by atoms with Gasteiger partial charge in [0.25, 0.3) is 0 Å². The molecule has 0 aliphatic carbocycles. The first-order chi connectivity index (χ1) is 6.79. The summed E-state index contributed by atoms with van der Waals surface area (Å²) in [5, 5.41) is 3.83. The molecule has 72 valence electrons. The smallest absolute Gasteiger partial charge is 0.234 e. The first-order valence-corrected chi connectivity index (χ1v) is 4.91. The molecule has 4 heteroatoms. The Morgan fingerprint density at radius 1 is 1.43 bits per heavy atom. The van der Waals surface area contributed by atoms with Gasteiger partial charge in [-0.2, -0.15) is 12.6 Å². The van der Waals surface area contributed by atoms with E-state index in [1.165, 1.54) is 0 Å². The predicted octanol–water partition coefficient (Wildman–Crippen LogP) is 2.04. The Balaban J connectivity index is 2.30. The van der Waals surface area contributed by atoms with Crippen molar-refractivity contribution in [2.45, 2.75) is 0 Å². The zero-order valence-corrected chi connectivity index (χ0v) is 8.34. The minimum absolute atomic E-state index is 0.0942. The van der Waals surface area contributed by atoms with Crippen LogP contribution in [0.2, 0.25) is 0 Å². The number of thiol groups is 1. The Kier molecular flexibility index (Phi) is 2.45. The van der Waals surface area contributed by atoms with E-state index in [1.807, 2.05) is 30.5 Å². The summed E-state index contributed by atoms with van der Waals surface area (Å²) in [5.74, 6) is 0.105. The summed E-state index contributed by atoms with van der Waals surface area (Å²) in [5.41, 5.74) is 1.87. The van der Waals surface area contributed by atoms with Crippen LogP contribution >= 0.6 is 12.6 Å². The van der Waals surface area contributed by atoms with Gasteiger partial charge < -0.3 is 10.3 Å². The van der Waals surface area contributed by atoms with E-state index in [0.29, 0.717) is 0 Å². The van der Waals surface area contributed by atoms with Gasteiger partial charge in [-0.25, -0.2) is 0 Å². The van der Waals surface area contributed by atoms with Crippen LogP contribution in [-0.2, 0) is 4.79 Å².